The van der Waals surface area contributed by atoms with Crippen molar-refractivity contribution in [1.29, 1.82) is 0 Å². The highest BCUT2D eigenvalue weighted by molar-refractivity contribution is 4.84. The molecular weight excluding hydrogens is 214 g/mol. The summed E-state index contributed by atoms with van der Waals surface area (Å²) in [5.41, 5.74) is -0.311. The lowest BCUT2D eigenvalue weighted by atomic mass is 9.88. The third-order valence-corrected chi connectivity index (χ3v) is 3.51. The van der Waals surface area contributed by atoms with Crippen LogP contribution in [0.3, 0.4) is 0 Å². The molecule has 0 saturated heterocycles. The Hall–Kier alpha value is -0.120. The highest BCUT2D eigenvalue weighted by Crippen LogP contribution is 2.26. The van der Waals surface area contributed by atoms with Crippen molar-refractivity contribution in [2.24, 2.45) is 5.92 Å². The van der Waals surface area contributed by atoms with Crippen LogP contribution in [0.1, 0.15) is 53.4 Å². The molecule has 0 aliphatic heterocycles. The number of rotatable bonds is 6. The Balaban J connectivity index is 2.36. The van der Waals surface area contributed by atoms with Crippen molar-refractivity contribution in [3.63, 3.8) is 0 Å². The van der Waals surface area contributed by atoms with E-state index in [2.05, 4.69) is 26.1 Å². The molecule has 3 nitrogen and oxygen atoms in total. The number of hydrogen-bond donors (Lipinski definition) is 2. The zero-order valence-electron chi connectivity index (χ0n) is 11.8. The first-order chi connectivity index (χ1) is 7.95. The highest BCUT2D eigenvalue weighted by Gasteiger charge is 2.27. The molecular formula is C14H29NO2. The minimum absolute atomic E-state index is 0.119. The predicted molar refractivity (Wildman–Crippen MR) is 71.1 cm³/mol. The maximum atomic E-state index is 9.47. The molecule has 3 heteroatoms. The van der Waals surface area contributed by atoms with E-state index >= 15 is 0 Å². The molecule has 1 aliphatic carbocycles. The van der Waals surface area contributed by atoms with Crippen LogP contribution >= 0.6 is 0 Å². The van der Waals surface area contributed by atoms with Crippen LogP contribution in [0.4, 0.5) is 0 Å². The molecule has 2 N–H and O–H groups in total. The highest BCUT2D eigenvalue weighted by atomic mass is 16.5. The lowest BCUT2D eigenvalue weighted by Gasteiger charge is -2.34. The number of aliphatic hydroxyl groups excluding tert-OH is 1. The zero-order valence-corrected chi connectivity index (χ0v) is 11.8. The van der Waals surface area contributed by atoms with Gasteiger partial charge >= 0.3 is 0 Å². The summed E-state index contributed by atoms with van der Waals surface area (Å²) in [7, 11) is 0. The molecule has 0 radical (unpaired) electrons. The Labute approximate surface area is 106 Å². The normalized spacial score (nSPS) is 29.3. The van der Waals surface area contributed by atoms with Gasteiger partial charge in [0.25, 0.3) is 0 Å². The van der Waals surface area contributed by atoms with Crippen LogP contribution in [0.15, 0.2) is 0 Å². The van der Waals surface area contributed by atoms with E-state index in [0.29, 0.717) is 18.8 Å². The van der Waals surface area contributed by atoms with Crippen molar-refractivity contribution >= 4 is 0 Å². The first-order valence-electron chi connectivity index (χ1n) is 6.95. The molecule has 1 fully saturated rings. The van der Waals surface area contributed by atoms with Crippen molar-refractivity contribution in [2.75, 3.05) is 13.2 Å². The Morgan fingerprint density at radius 3 is 2.65 bits per heavy atom. The second-order valence-corrected chi connectivity index (χ2v) is 6.22. The van der Waals surface area contributed by atoms with E-state index < -0.39 is 0 Å². The number of nitrogens with one attached hydrogen (secondary N) is 1. The summed E-state index contributed by atoms with van der Waals surface area (Å²) < 4.78 is 5.99. The second kappa shape index (κ2) is 6.72. The van der Waals surface area contributed by atoms with Gasteiger partial charge in [-0.05, 0) is 25.7 Å². The molecule has 0 bridgehead atoms. The van der Waals surface area contributed by atoms with Crippen LogP contribution in [-0.4, -0.2) is 36.0 Å². The van der Waals surface area contributed by atoms with Crippen LogP contribution < -0.4 is 5.32 Å². The monoisotopic (exact) mass is 243 g/mol. The summed E-state index contributed by atoms with van der Waals surface area (Å²) >= 11 is 0. The van der Waals surface area contributed by atoms with Crippen LogP contribution in [0.2, 0.25) is 0 Å². The first kappa shape index (κ1) is 14.9. The van der Waals surface area contributed by atoms with Gasteiger partial charge in [-0.15, -0.1) is 0 Å². The molecule has 102 valence electrons. The maximum absolute atomic E-state index is 9.47. The summed E-state index contributed by atoms with van der Waals surface area (Å²) in [5.74, 6) is 0.784. The molecule has 17 heavy (non-hydrogen) atoms. The average Bonchev–Trinajstić information content (AvgIpc) is 2.26. The van der Waals surface area contributed by atoms with Gasteiger partial charge in [-0.25, -0.2) is 0 Å². The summed E-state index contributed by atoms with van der Waals surface area (Å²) in [5, 5.41) is 12.9. The molecule has 1 saturated carbocycles. The molecule has 1 aliphatic rings. The Morgan fingerprint density at radius 2 is 2.12 bits per heavy atom. The third-order valence-electron chi connectivity index (χ3n) is 3.51. The van der Waals surface area contributed by atoms with E-state index in [9.17, 15) is 5.11 Å². The number of hydrogen-bond acceptors (Lipinski definition) is 3. The van der Waals surface area contributed by atoms with Crippen LogP contribution in [0.25, 0.3) is 0 Å². The Kier molecular flexibility index (Phi) is 5.90. The lowest BCUT2D eigenvalue weighted by molar-refractivity contribution is -0.0289. The minimum Gasteiger partial charge on any atom is -0.394 e. The molecule has 3 atom stereocenters. The van der Waals surface area contributed by atoms with Crippen molar-refractivity contribution in [2.45, 2.75) is 71.1 Å². The zero-order chi connectivity index (χ0) is 12.9. The van der Waals surface area contributed by atoms with Gasteiger partial charge in [0.15, 0.2) is 0 Å². The van der Waals surface area contributed by atoms with Gasteiger partial charge in [-0.1, -0.05) is 33.6 Å². The van der Waals surface area contributed by atoms with E-state index in [1.165, 1.54) is 25.7 Å². The smallest absolute Gasteiger partial charge is 0.0671 e. The van der Waals surface area contributed by atoms with E-state index in [0.717, 1.165) is 5.92 Å². The van der Waals surface area contributed by atoms with Gasteiger partial charge in [-0.3, -0.25) is 0 Å². The lowest BCUT2D eigenvalue weighted by Crippen LogP contribution is -2.53. The van der Waals surface area contributed by atoms with Gasteiger partial charge in [0.1, 0.15) is 0 Å². The molecule has 0 heterocycles. The van der Waals surface area contributed by atoms with Gasteiger partial charge in [0, 0.05) is 6.04 Å². The third kappa shape index (κ3) is 5.36. The van der Waals surface area contributed by atoms with Crippen molar-refractivity contribution in [3.8, 4) is 0 Å². The van der Waals surface area contributed by atoms with Gasteiger partial charge < -0.3 is 15.2 Å². The largest absolute Gasteiger partial charge is 0.394 e. The average molecular weight is 243 g/mol. The first-order valence-corrected chi connectivity index (χ1v) is 6.95. The maximum Gasteiger partial charge on any atom is 0.0671 e. The molecule has 0 spiro atoms. The van der Waals surface area contributed by atoms with E-state index in [1.54, 1.807) is 0 Å². The van der Waals surface area contributed by atoms with Crippen LogP contribution in [-0.2, 0) is 4.74 Å². The minimum atomic E-state index is -0.311. The SMILES string of the molecule is CC1CCCC(OCC(C)(CO)NC(C)C)C1. The molecule has 0 aromatic heterocycles. The predicted octanol–water partition coefficient (Wildman–Crippen LogP) is 2.33. The molecule has 1 rings (SSSR count). The number of aliphatic hydroxyl groups is 1. The van der Waals surface area contributed by atoms with Crippen molar-refractivity contribution in [3.05, 3.63) is 0 Å². The summed E-state index contributed by atoms with van der Waals surface area (Å²) in [6, 6.07) is 0.362. The standard InChI is InChI=1S/C14H29NO2/c1-11(2)15-14(4,9-16)10-17-13-7-5-6-12(3)8-13/h11-13,15-16H,5-10H2,1-4H3. The second-order valence-electron chi connectivity index (χ2n) is 6.22. The Morgan fingerprint density at radius 1 is 1.41 bits per heavy atom. The summed E-state index contributed by atoms with van der Waals surface area (Å²) in [6.45, 7) is 9.23. The topological polar surface area (TPSA) is 41.5 Å². The van der Waals surface area contributed by atoms with Gasteiger partial charge in [0.05, 0.1) is 24.9 Å². The van der Waals surface area contributed by atoms with E-state index in [1.807, 2.05) is 6.92 Å². The molecule has 3 unspecified atom stereocenters. The fraction of sp³-hybridized carbons (Fsp3) is 1.00. The van der Waals surface area contributed by atoms with E-state index in [-0.39, 0.29) is 12.1 Å². The van der Waals surface area contributed by atoms with Gasteiger partial charge in [-0.2, -0.15) is 0 Å². The quantitative estimate of drug-likeness (QED) is 0.752. The summed E-state index contributed by atoms with van der Waals surface area (Å²) in [6.07, 6.45) is 5.34. The van der Waals surface area contributed by atoms with Crippen molar-refractivity contribution in [1.82, 2.24) is 5.32 Å². The van der Waals surface area contributed by atoms with E-state index in [4.69, 9.17) is 4.74 Å². The molecule has 0 amide bonds. The van der Waals surface area contributed by atoms with Crippen molar-refractivity contribution < 1.29 is 9.84 Å². The fourth-order valence-corrected chi connectivity index (χ4v) is 2.66. The van der Waals surface area contributed by atoms with Crippen LogP contribution in [0, 0.1) is 5.92 Å². The fourth-order valence-electron chi connectivity index (χ4n) is 2.66. The Bertz CT molecular complexity index is 220. The number of ether oxygens (including phenoxy) is 1. The molecule has 0 aromatic rings. The van der Waals surface area contributed by atoms with Crippen LogP contribution in [0.5, 0.6) is 0 Å². The molecule has 0 aromatic carbocycles. The van der Waals surface area contributed by atoms with Gasteiger partial charge in [0.2, 0.25) is 0 Å². The summed E-state index contributed by atoms with van der Waals surface area (Å²) in [4.78, 5) is 0.